The molecule has 24 heavy (non-hydrogen) atoms. The first kappa shape index (κ1) is 14.4. The molecular formula is C16H17N7O. The van der Waals surface area contributed by atoms with Crippen molar-refractivity contribution in [1.82, 2.24) is 29.6 Å². The van der Waals surface area contributed by atoms with Crippen molar-refractivity contribution in [2.75, 3.05) is 12.8 Å². The van der Waals surface area contributed by atoms with Gasteiger partial charge in [-0.15, -0.1) is 10.2 Å². The molecule has 122 valence electrons. The molecule has 0 aliphatic heterocycles. The molecule has 0 aliphatic carbocycles. The van der Waals surface area contributed by atoms with Crippen LogP contribution in [0, 0.1) is 0 Å². The van der Waals surface area contributed by atoms with Crippen molar-refractivity contribution in [1.29, 1.82) is 0 Å². The van der Waals surface area contributed by atoms with Gasteiger partial charge in [0.25, 0.3) is 0 Å². The van der Waals surface area contributed by atoms with Crippen LogP contribution in [0.3, 0.4) is 0 Å². The molecule has 0 radical (unpaired) electrons. The number of aryl methyl sites for hydroxylation is 1. The predicted molar refractivity (Wildman–Crippen MR) is 90.8 cm³/mol. The number of nitrogen functional groups attached to an aromatic ring is 1. The zero-order valence-corrected chi connectivity index (χ0v) is 13.5. The van der Waals surface area contributed by atoms with Crippen molar-refractivity contribution >= 4 is 22.5 Å². The molecule has 4 rings (SSSR count). The molecule has 0 atom stereocenters. The van der Waals surface area contributed by atoms with Gasteiger partial charge in [0, 0.05) is 18.3 Å². The predicted octanol–water partition coefficient (Wildman–Crippen LogP) is 2.14. The van der Waals surface area contributed by atoms with Gasteiger partial charge < -0.3 is 10.5 Å². The normalized spacial score (nSPS) is 11.4. The van der Waals surface area contributed by atoms with E-state index in [0.717, 1.165) is 40.6 Å². The zero-order valence-electron chi connectivity index (χ0n) is 13.5. The van der Waals surface area contributed by atoms with Gasteiger partial charge in [-0.2, -0.15) is 4.98 Å². The lowest BCUT2D eigenvalue weighted by Gasteiger charge is -2.06. The second kappa shape index (κ2) is 5.48. The van der Waals surface area contributed by atoms with E-state index >= 15 is 0 Å². The smallest absolute Gasteiger partial charge is 0.243 e. The fourth-order valence-corrected chi connectivity index (χ4v) is 2.89. The van der Waals surface area contributed by atoms with Gasteiger partial charge in [-0.3, -0.25) is 0 Å². The van der Waals surface area contributed by atoms with E-state index in [1.165, 1.54) is 0 Å². The maximum atomic E-state index is 5.72. The Morgan fingerprint density at radius 2 is 2.12 bits per heavy atom. The molecule has 3 aromatic heterocycles. The Balaban J connectivity index is 1.94. The van der Waals surface area contributed by atoms with Gasteiger partial charge in [0.1, 0.15) is 11.0 Å². The van der Waals surface area contributed by atoms with E-state index in [-0.39, 0.29) is 5.95 Å². The summed E-state index contributed by atoms with van der Waals surface area (Å²) in [7, 11) is 1.57. The first-order valence-corrected chi connectivity index (χ1v) is 7.73. The van der Waals surface area contributed by atoms with E-state index < -0.39 is 0 Å². The Labute approximate surface area is 137 Å². The first-order chi connectivity index (χ1) is 11.7. The van der Waals surface area contributed by atoms with Gasteiger partial charge in [-0.25, -0.2) is 9.20 Å². The Morgan fingerprint density at radius 3 is 2.92 bits per heavy atom. The fourth-order valence-electron chi connectivity index (χ4n) is 2.89. The monoisotopic (exact) mass is 323 g/mol. The van der Waals surface area contributed by atoms with Gasteiger partial charge in [0.05, 0.1) is 12.6 Å². The van der Waals surface area contributed by atoms with Crippen LogP contribution >= 0.6 is 0 Å². The molecular weight excluding hydrogens is 306 g/mol. The molecule has 8 nitrogen and oxygen atoms in total. The SMILES string of the molecule is CCCn1nnc2ccc(-c3ccn4nc(N)nc(OC)c34)cc21. The minimum atomic E-state index is 0.169. The number of nitrogens with zero attached hydrogens (tertiary/aromatic N) is 6. The third kappa shape index (κ3) is 2.15. The lowest BCUT2D eigenvalue weighted by molar-refractivity contribution is 0.400. The molecule has 0 fully saturated rings. The summed E-state index contributed by atoms with van der Waals surface area (Å²) in [6, 6.07) is 8.04. The summed E-state index contributed by atoms with van der Waals surface area (Å²) in [6.07, 6.45) is 2.84. The van der Waals surface area contributed by atoms with Crippen LogP contribution in [0.2, 0.25) is 0 Å². The second-order valence-corrected chi connectivity index (χ2v) is 5.52. The molecule has 0 unspecified atom stereocenters. The largest absolute Gasteiger partial charge is 0.479 e. The van der Waals surface area contributed by atoms with Crippen LogP contribution in [-0.2, 0) is 6.54 Å². The molecule has 0 saturated heterocycles. The highest BCUT2D eigenvalue weighted by Gasteiger charge is 2.15. The molecule has 4 aromatic rings. The summed E-state index contributed by atoms with van der Waals surface area (Å²) in [5, 5.41) is 12.6. The van der Waals surface area contributed by atoms with E-state index in [1.807, 2.05) is 29.1 Å². The van der Waals surface area contributed by atoms with Crippen molar-refractivity contribution in [2.45, 2.75) is 19.9 Å². The highest BCUT2D eigenvalue weighted by atomic mass is 16.5. The highest BCUT2D eigenvalue weighted by molar-refractivity contribution is 5.89. The Hall–Kier alpha value is -3.16. The average molecular weight is 323 g/mol. The lowest BCUT2D eigenvalue weighted by atomic mass is 10.1. The lowest BCUT2D eigenvalue weighted by Crippen LogP contribution is -2.03. The molecule has 0 saturated carbocycles. The van der Waals surface area contributed by atoms with Crippen LogP contribution in [0.25, 0.3) is 27.7 Å². The minimum absolute atomic E-state index is 0.169. The Kier molecular flexibility index (Phi) is 3.30. The maximum Gasteiger partial charge on any atom is 0.243 e. The van der Waals surface area contributed by atoms with E-state index in [1.54, 1.807) is 11.6 Å². The molecule has 3 heterocycles. The molecule has 8 heteroatoms. The van der Waals surface area contributed by atoms with Crippen molar-refractivity contribution < 1.29 is 4.74 Å². The number of aromatic nitrogens is 6. The molecule has 0 bridgehead atoms. The van der Waals surface area contributed by atoms with Gasteiger partial charge in [-0.05, 0) is 30.2 Å². The summed E-state index contributed by atoms with van der Waals surface area (Å²) < 4.78 is 8.98. The number of hydrogen-bond acceptors (Lipinski definition) is 6. The molecule has 0 spiro atoms. The van der Waals surface area contributed by atoms with Crippen LogP contribution in [0.5, 0.6) is 5.88 Å². The number of ether oxygens (including phenoxy) is 1. The van der Waals surface area contributed by atoms with Gasteiger partial charge in [0.2, 0.25) is 11.8 Å². The topological polar surface area (TPSA) is 96.2 Å². The number of rotatable bonds is 4. The van der Waals surface area contributed by atoms with Crippen LogP contribution in [-0.4, -0.2) is 36.7 Å². The van der Waals surface area contributed by atoms with Crippen LogP contribution in [0.15, 0.2) is 30.5 Å². The summed E-state index contributed by atoms with van der Waals surface area (Å²) in [5.74, 6) is 0.616. The Morgan fingerprint density at radius 1 is 1.25 bits per heavy atom. The van der Waals surface area contributed by atoms with E-state index in [9.17, 15) is 0 Å². The van der Waals surface area contributed by atoms with Crippen molar-refractivity contribution in [2.24, 2.45) is 0 Å². The minimum Gasteiger partial charge on any atom is -0.479 e. The number of nitrogens with two attached hydrogens (primary N) is 1. The van der Waals surface area contributed by atoms with Crippen LogP contribution in [0.1, 0.15) is 13.3 Å². The van der Waals surface area contributed by atoms with Gasteiger partial charge in [0.15, 0.2) is 0 Å². The number of benzene rings is 1. The molecule has 2 N–H and O–H groups in total. The standard InChI is InChI=1S/C16H17N7O/c1-3-7-22-13-9-10(4-5-12(13)19-21-22)11-6-8-23-14(11)15(24-2)18-16(17)20-23/h4-6,8-9H,3,7H2,1-2H3,(H2,17,20). The van der Waals surface area contributed by atoms with E-state index in [4.69, 9.17) is 10.5 Å². The van der Waals surface area contributed by atoms with Crippen molar-refractivity contribution in [3.63, 3.8) is 0 Å². The second-order valence-electron chi connectivity index (χ2n) is 5.52. The van der Waals surface area contributed by atoms with Crippen LogP contribution < -0.4 is 10.5 Å². The first-order valence-electron chi connectivity index (χ1n) is 7.73. The number of fused-ring (bicyclic) bond motifs is 2. The van der Waals surface area contributed by atoms with Crippen molar-refractivity contribution in [3.05, 3.63) is 30.5 Å². The van der Waals surface area contributed by atoms with Crippen molar-refractivity contribution in [3.8, 4) is 17.0 Å². The average Bonchev–Trinajstić information content (AvgIpc) is 3.18. The third-order valence-electron chi connectivity index (χ3n) is 3.95. The zero-order chi connectivity index (χ0) is 16.7. The molecule has 0 aliphatic rings. The summed E-state index contributed by atoms with van der Waals surface area (Å²) >= 11 is 0. The Bertz CT molecular complexity index is 1030. The highest BCUT2D eigenvalue weighted by Crippen LogP contribution is 2.32. The van der Waals surface area contributed by atoms with E-state index in [2.05, 4.69) is 33.4 Å². The fraction of sp³-hybridized carbons (Fsp3) is 0.250. The number of anilines is 1. The molecule has 0 amide bonds. The summed E-state index contributed by atoms with van der Waals surface area (Å²) in [4.78, 5) is 4.17. The number of hydrogen-bond donors (Lipinski definition) is 1. The molecule has 1 aromatic carbocycles. The maximum absolute atomic E-state index is 5.72. The number of methoxy groups -OCH3 is 1. The summed E-state index contributed by atoms with van der Waals surface area (Å²) in [6.45, 7) is 2.95. The quantitative estimate of drug-likeness (QED) is 0.618. The van der Waals surface area contributed by atoms with E-state index in [0.29, 0.717) is 5.88 Å². The van der Waals surface area contributed by atoms with Crippen LogP contribution in [0.4, 0.5) is 5.95 Å². The van der Waals surface area contributed by atoms with Gasteiger partial charge >= 0.3 is 0 Å². The summed E-state index contributed by atoms with van der Waals surface area (Å²) in [5.41, 5.74) is 10.4. The van der Waals surface area contributed by atoms with Gasteiger partial charge in [-0.1, -0.05) is 18.2 Å². The third-order valence-corrected chi connectivity index (χ3v) is 3.95.